The van der Waals surface area contributed by atoms with Crippen LogP contribution in [-0.2, 0) is 13.9 Å². The lowest BCUT2D eigenvalue weighted by Gasteiger charge is -2.43. The fourth-order valence-corrected chi connectivity index (χ4v) is 11.2. The van der Waals surface area contributed by atoms with Gasteiger partial charge in [-0.05, 0) is 44.9 Å². The van der Waals surface area contributed by atoms with Gasteiger partial charge in [0.05, 0.1) is 24.4 Å². The Balaban J connectivity index is 1.48. The Bertz CT molecular complexity index is 1470. The van der Waals surface area contributed by atoms with E-state index < -0.39 is 8.32 Å². The number of benzene rings is 2. The molecular weight excluding hydrogens is 657 g/mol. The minimum absolute atomic E-state index is 0.110. The molecule has 222 valence electrons. The Kier molecular flexibility index (Phi) is 9.48. The number of hydrogen-bond acceptors (Lipinski definition) is 6. The molecule has 0 amide bonds. The Morgan fingerprint density at radius 2 is 1.71 bits per heavy atom. The molecule has 10 heteroatoms. The summed E-state index contributed by atoms with van der Waals surface area (Å²) in [7, 11) is 1.16. The number of rotatable bonds is 10. The summed E-state index contributed by atoms with van der Waals surface area (Å²) in [5.74, 6) is 0.641. The molecular formula is C32H40IN5O3Si. The van der Waals surface area contributed by atoms with Crippen molar-refractivity contribution in [2.45, 2.75) is 57.6 Å². The van der Waals surface area contributed by atoms with E-state index in [1.807, 2.05) is 25.9 Å². The van der Waals surface area contributed by atoms with Crippen LogP contribution in [0.4, 0.5) is 5.82 Å². The molecule has 42 heavy (non-hydrogen) atoms. The van der Waals surface area contributed by atoms with Gasteiger partial charge < -0.3 is 23.4 Å². The third-order valence-electron chi connectivity index (χ3n) is 7.71. The lowest BCUT2D eigenvalue weighted by atomic mass is 10.2. The summed E-state index contributed by atoms with van der Waals surface area (Å²) in [4.78, 5) is 15.6. The predicted octanol–water partition coefficient (Wildman–Crippen LogP) is 5.53. The van der Waals surface area contributed by atoms with Crippen LogP contribution in [0.5, 0.6) is 0 Å². The average molecular weight is 698 g/mol. The first-order valence-corrected chi connectivity index (χ1v) is 17.4. The molecule has 2 aromatic heterocycles. The first kappa shape index (κ1) is 30.8. The van der Waals surface area contributed by atoms with Gasteiger partial charge in [0.15, 0.2) is 5.82 Å². The van der Waals surface area contributed by atoms with Gasteiger partial charge in [0, 0.05) is 36.9 Å². The van der Waals surface area contributed by atoms with Gasteiger partial charge in [0.1, 0.15) is 24.3 Å². The summed E-state index contributed by atoms with van der Waals surface area (Å²) in [6, 6.07) is 21.4. The topological polar surface area (TPSA) is 74.0 Å². The summed E-state index contributed by atoms with van der Waals surface area (Å²) < 4.78 is 23.4. The van der Waals surface area contributed by atoms with Crippen LogP contribution in [0.15, 0.2) is 78.2 Å². The van der Waals surface area contributed by atoms with Crippen LogP contribution < -0.4 is 10.4 Å². The highest BCUT2D eigenvalue weighted by Crippen LogP contribution is 2.40. The van der Waals surface area contributed by atoms with Gasteiger partial charge in [0.25, 0.3) is 8.32 Å². The molecule has 0 spiro atoms. The van der Waals surface area contributed by atoms with Gasteiger partial charge in [0.2, 0.25) is 0 Å². The van der Waals surface area contributed by atoms with Gasteiger partial charge >= 0.3 is 0 Å². The van der Waals surface area contributed by atoms with E-state index in [9.17, 15) is 0 Å². The van der Waals surface area contributed by atoms with E-state index >= 15 is 0 Å². The maximum absolute atomic E-state index is 7.25. The van der Waals surface area contributed by atoms with Crippen LogP contribution in [-0.4, -0.2) is 73.6 Å². The molecule has 0 aliphatic carbocycles. The molecule has 8 nitrogen and oxygen atoms in total. The molecule has 1 saturated heterocycles. The zero-order chi connectivity index (χ0) is 29.9. The van der Waals surface area contributed by atoms with Gasteiger partial charge in [-0.2, -0.15) is 0 Å². The fraction of sp³-hybridized carbons (Fsp3) is 0.406. The molecule has 0 radical (unpaired) electrons. The summed E-state index contributed by atoms with van der Waals surface area (Å²) in [6.45, 7) is 9.94. The second-order valence-corrected chi connectivity index (χ2v) is 17.3. The number of halogens is 1. The van der Waals surface area contributed by atoms with E-state index in [0.717, 1.165) is 14.6 Å². The standard InChI is InChI=1S/C32H40IN5O3Si/c1-7-39-26-18-28(38-19-25(33)29-30(36-22-37(5)6)34-21-35-31(29)38)41-27(26)20-40-42(32(2,3)4,23-14-10-8-11-15-23)24-16-12-9-13-17-24/h8-17,19,21-22,26-28H,7,18,20H2,1-6H3. The van der Waals surface area contributed by atoms with Crippen molar-refractivity contribution in [1.29, 1.82) is 0 Å². The van der Waals surface area contributed by atoms with E-state index in [4.69, 9.17) is 13.9 Å². The quantitative estimate of drug-likeness (QED) is 0.0941. The summed E-state index contributed by atoms with van der Waals surface area (Å²) in [5, 5.41) is 3.29. The first-order valence-electron chi connectivity index (χ1n) is 14.4. The van der Waals surface area contributed by atoms with E-state index in [1.54, 1.807) is 12.7 Å². The van der Waals surface area contributed by atoms with Gasteiger partial charge in [-0.3, -0.25) is 0 Å². The van der Waals surface area contributed by atoms with E-state index in [-0.39, 0.29) is 23.5 Å². The molecule has 0 bridgehead atoms. The van der Waals surface area contributed by atoms with Crippen LogP contribution in [0.1, 0.15) is 40.3 Å². The molecule has 3 unspecified atom stereocenters. The van der Waals surface area contributed by atoms with Crippen LogP contribution >= 0.6 is 22.6 Å². The van der Waals surface area contributed by atoms with Crippen LogP contribution in [0, 0.1) is 3.57 Å². The van der Waals surface area contributed by atoms with Crippen molar-refractivity contribution in [3.63, 3.8) is 0 Å². The normalized spacial score (nSPS) is 19.6. The highest BCUT2D eigenvalue weighted by molar-refractivity contribution is 14.1. The number of nitrogens with zero attached hydrogens (tertiary/aromatic N) is 5. The zero-order valence-corrected chi connectivity index (χ0v) is 28.4. The third kappa shape index (κ3) is 6.05. The molecule has 4 aromatic rings. The molecule has 3 atom stereocenters. The maximum Gasteiger partial charge on any atom is 0.261 e. The minimum Gasteiger partial charge on any atom is -0.405 e. The van der Waals surface area contributed by atoms with Crippen LogP contribution in [0.25, 0.3) is 11.0 Å². The summed E-state index contributed by atoms with van der Waals surface area (Å²) in [5.41, 5.74) is 0.800. The van der Waals surface area contributed by atoms with Gasteiger partial charge in [-0.25, -0.2) is 15.0 Å². The fourth-order valence-electron chi connectivity index (χ4n) is 5.89. The number of fused-ring (bicyclic) bond motifs is 1. The third-order valence-corrected chi connectivity index (χ3v) is 13.5. The highest BCUT2D eigenvalue weighted by Gasteiger charge is 2.51. The van der Waals surface area contributed by atoms with Crippen molar-refractivity contribution in [2.24, 2.45) is 4.99 Å². The molecule has 1 aliphatic heterocycles. The number of ether oxygens (including phenoxy) is 2. The molecule has 3 heterocycles. The second-order valence-electron chi connectivity index (χ2n) is 11.8. The van der Waals surface area contributed by atoms with Gasteiger partial charge in [-0.1, -0.05) is 81.4 Å². The molecule has 1 aliphatic rings. The lowest BCUT2D eigenvalue weighted by Crippen LogP contribution is -2.67. The second kappa shape index (κ2) is 12.9. The zero-order valence-electron chi connectivity index (χ0n) is 25.2. The largest absolute Gasteiger partial charge is 0.405 e. The minimum atomic E-state index is -2.72. The predicted molar refractivity (Wildman–Crippen MR) is 180 cm³/mol. The molecule has 5 rings (SSSR count). The number of aliphatic imine (C=N–C) groups is 1. The highest BCUT2D eigenvalue weighted by atomic mass is 127. The molecule has 2 aromatic carbocycles. The SMILES string of the molecule is CCOC1CC(n2cc(I)c3c(N=CN(C)C)ncnc32)OC1CO[Si](c1ccccc1)(c1ccccc1)C(C)(C)C. The van der Waals surface area contributed by atoms with Crippen molar-refractivity contribution >= 4 is 64.5 Å². The lowest BCUT2D eigenvalue weighted by molar-refractivity contribution is -0.0552. The Morgan fingerprint density at radius 1 is 1.07 bits per heavy atom. The Morgan fingerprint density at radius 3 is 2.29 bits per heavy atom. The Labute approximate surface area is 263 Å². The molecule has 1 fully saturated rings. The van der Waals surface area contributed by atoms with E-state index in [2.05, 4.69) is 130 Å². The van der Waals surface area contributed by atoms with Crippen molar-refractivity contribution in [2.75, 3.05) is 27.3 Å². The average Bonchev–Trinajstić information content (AvgIpc) is 3.53. The van der Waals surface area contributed by atoms with Crippen molar-refractivity contribution in [3.8, 4) is 0 Å². The van der Waals surface area contributed by atoms with Gasteiger partial charge in [-0.15, -0.1) is 0 Å². The number of hydrogen-bond donors (Lipinski definition) is 0. The number of aromatic nitrogens is 3. The smallest absolute Gasteiger partial charge is 0.261 e. The van der Waals surface area contributed by atoms with Crippen molar-refractivity contribution < 1.29 is 13.9 Å². The molecule has 0 saturated carbocycles. The molecule has 0 N–H and O–H groups in total. The van der Waals surface area contributed by atoms with Crippen LogP contribution in [0.2, 0.25) is 5.04 Å². The van der Waals surface area contributed by atoms with E-state index in [0.29, 0.717) is 25.5 Å². The van der Waals surface area contributed by atoms with Crippen molar-refractivity contribution in [3.05, 3.63) is 76.8 Å². The maximum atomic E-state index is 7.25. The van der Waals surface area contributed by atoms with Crippen LogP contribution in [0.3, 0.4) is 0 Å². The summed E-state index contributed by atoms with van der Waals surface area (Å²) >= 11 is 2.33. The monoisotopic (exact) mass is 697 g/mol. The summed E-state index contributed by atoms with van der Waals surface area (Å²) in [6.07, 6.45) is 5.50. The Hall–Kier alpha value is -2.64. The van der Waals surface area contributed by atoms with E-state index in [1.165, 1.54) is 10.4 Å². The first-order chi connectivity index (χ1) is 20.2. The van der Waals surface area contributed by atoms with Crippen molar-refractivity contribution in [1.82, 2.24) is 19.4 Å².